The van der Waals surface area contributed by atoms with Gasteiger partial charge in [-0.05, 0) is 27.2 Å². The van der Waals surface area contributed by atoms with Gasteiger partial charge in [0.05, 0.1) is 18.4 Å². The Morgan fingerprint density at radius 2 is 2.32 bits per heavy atom. The minimum absolute atomic E-state index is 0.0240. The summed E-state index contributed by atoms with van der Waals surface area (Å²) >= 11 is 0. The lowest BCUT2D eigenvalue weighted by molar-refractivity contribution is -0.337. The smallest absolute Gasteiger partial charge is 0.332 e. The van der Waals surface area contributed by atoms with Crippen LogP contribution in [-0.2, 0) is 25.5 Å². The molecule has 0 spiro atoms. The van der Waals surface area contributed by atoms with Gasteiger partial charge >= 0.3 is 5.97 Å². The van der Waals surface area contributed by atoms with Crippen LogP contribution in [0.4, 0.5) is 0 Å². The maximum Gasteiger partial charge on any atom is 0.332 e. The van der Waals surface area contributed by atoms with E-state index in [4.69, 9.17) is 14.2 Å². The molecule has 0 aromatic carbocycles. The number of aryl methyl sites for hydroxylation is 1. The summed E-state index contributed by atoms with van der Waals surface area (Å²) < 4.78 is 18.9. The van der Waals surface area contributed by atoms with E-state index >= 15 is 0 Å². The van der Waals surface area contributed by atoms with Crippen LogP contribution < -0.4 is 0 Å². The van der Waals surface area contributed by atoms with Crippen molar-refractivity contribution in [2.75, 3.05) is 6.61 Å². The molecule has 8 nitrogen and oxygen atoms in total. The van der Waals surface area contributed by atoms with Crippen LogP contribution >= 0.6 is 0 Å². The molecule has 122 valence electrons. The maximum atomic E-state index is 11.3. The zero-order valence-electron chi connectivity index (χ0n) is 12.9. The van der Waals surface area contributed by atoms with Crippen molar-refractivity contribution in [3.8, 4) is 0 Å². The number of carboxylic acids is 1. The average Bonchev–Trinajstić information content (AvgIpc) is 2.83. The molecule has 0 saturated carbocycles. The molecule has 0 radical (unpaired) electrons. The molecule has 0 amide bonds. The highest BCUT2D eigenvalue weighted by Crippen LogP contribution is 2.36. The van der Waals surface area contributed by atoms with E-state index in [1.54, 1.807) is 4.68 Å². The van der Waals surface area contributed by atoms with Gasteiger partial charge in [-0.2, -0.15) is 0 Å². The van der Waals surface area contributed by atoms with E-state index in [-0.39, 0.29) is 18.1 Å². The standard InChI is InChI=1S/C14H21N3O5/c1-8-5-17(16-15-8)6-9-4-10(13(18)19)21-11-7-20-14(2,3)22-12(9)11/h5,9-12H,4,6-7H2,1-3H3,(H,18,19)/t9-,10+,11+,12+/m0/s1. The van der Waals surface area contributed by atoms with Gasteiger partial charge in [-0.3, -0.25) is 4.68 Å². The highest BCUT2D eigenvalue weighted by atomic mass is 16.7. The monoisotopic (exact) mass is 311 g/mol. The van der Waals surface area contributed by atoms with Gasteiger partial charge in [-0.1, -0.05) is 5.21 Å². The molecular weight excluding hydrogens is 290 g/mol. The van der Waals surface area contributed by atoms with Crippen LogP contribution in [0, 0.1) is 12.8 Å². The number of carboxylic acid groups (broad SMARTS) is 1. The van der Waals surface area contributed by atoms with Crippen molar-refractivity contribution < 1.29 is 24.1 Å². The normalized spacial score (nSPS) is 34.1. The molecule has 2 aliphatic heterocycles. The Morgan fingerprint density at radius 3 is 2.95 bits per heavy atom. The predicted octanol–water partition coefficient (Wildman–Crippen LogP) is 0.596. The summed E-state index contributed by atoms with van der Waals surface area (Å²) in [7, 11) is 0. The van der Waals surface area contributed by atoms with Crippen molar-refractivity contribution in [2.45, 2.75) is 57.8 Å². The predicted molar refractivity (Wildman–Crippen MR) is 74.1 cm³/mol. The van der Waals surface area contributed by atoms with Gasteiger partial charge in [0.15, 0.2) is 11.9 Å². The molecular formula is C14H21N3O5. The maximum absolute atomic E-state index is 11.3. The van der Waals surface area contributed by atoms with Crippen molar-refractivity contribution in [3.05, 3.63) is 11.9 Å². The Kier molecular flexibility index (Phi) is 3.92. The first-order chi connectivity index (χ1) is 10.3. The van der Waals surface area contributed by atoms with Crippen molar-refractivity contribution in [3.63, 3.8) is 0 Å². The quantitative estimate of drug-likeness (QED) is 0.873. The molecule has 22 heavy (non-hydrogen) atoms. The number of ether oxygens (including phenoxy) is 3. The number of aromatic nitrogens is 3. The lowest BCUT2D eigenvalue weighted by Crippen LogP contribution is -2.58. The Hall–Kier alpha value is -1.51. The van der Waals surface area contributed by atoms with Gasteiger partial charge < -0.3 is 19.3 Å². The van der Waals surface area contributed by atoms with Gasteiger partial charge in [0.25, 0.3) is 0 Å². The third kappa shape index (κ3) is 3.13. The van der Waals surface area contributed by atoms with Crippen LogP contribution in [0.5, 0.6) is 0 Å². The van der Waals surface area contributed by atoms with E-state index in [1.165, 1.54) is 0 Å². The second kappa shape index (κ2) is 5.60. The van der Waals surface area contributed by atoms with Gasteiger partial charge in [0.1, 0.15) is 6.10 Å². The lowest BCUT2D eigenvalue weighted by atomic mass is 9.87. The summed E-state index contributed by atoms with van der Waals surface area (Å²) in [6.45, 7) is 6.44. The Bertz CT molecular complexity index is 558. The fraction of sp³-hybridized carbons (Fsp3) is 0.786. The summed E-state index contributed by atoms with van der Waals surface area (Å²) in [5.41, 5.74) is 0.826. The molecule has 0 bridgehead atoms. The number of aliphatic carboxylic acids is 1. The average molecular weight is 311 g/mol. The van der Waals surface area contributed by atoms with E-state index in [2.05, 4.69) is 10.3 Å². The van der Waals surface area contributed by atoms with Gasteiger partial charge in [0, 0.05) is 18.7 Å². The van der Waals surface area contributed by atoms with Crippen LogP contribution in [0.15, 0.2) is 6.20 Å². The number of hydrogen-bond donors (Lipinski definition) is 1. The second-order valence-corrected chi connectivity index (χ2v) is 6.37. The zero-order valence-corrected chi connectivity index (χ0v) is 12.9. The van der Waals surface area contributed by atoms with Crippen LogP contribution in [0.2, 0.25) is 0 Å². The molecule has 8 heteroatoms. The highest BCUT2D eigenvalue weighted by molar-refractivity contribution is 5.72. The lowest BCUT2D eigenvalue weighted by Gasteiger charge is -2.47. The number of nitrogens with zero attached hydrogens (tertiary/aromatic N) is 3. The number of hydrogen-bond acceptors (Lipinski definition) is 6. The van der Waals surface area contributed by atoms with Crippen molar-refractivity contribution in [1.29, 1.82) is 0 Å². The van der Waals surface area contributed by atoms with Crippen LogP contribution in [0.25, 0.3) is 0 Å². The largest absolute Gasteiger partial charge is 0.479 e. The first-order valence-corrected chi connectivity index (χ1v) is 7.41. The molecule has 3 rings (SSSR count). The minimum Gasteiger partial charge on any atom is -0.479 e. The molecule has 1 N–H and O–H groups in total. The first kappa shape index (κ1) is 15.4. The van der Waals surface area contributed by atoms with Crippen molar-refractivity contribution in [2.24, 2.45) is 5.92 Å². The third-order valence-corrected chi connectivity index (χ3v) is 4.05. The summed E-state index contributed by atoms with van der Waals surface area (Å²) in [5.74, 6) is -1.68. The number of rotatable bonds is 3. The molecule has 2 aliphatic rings. The topological polar surface area (TPSA) is 95.7 Å². The van der Waals surface area contributed by atoms with Crippen LogP contribution in [0.1, 0.15) is 26.0 Å². The van der Waals surface area contributed by atoms with Crippen LogP contribution in [0.3, 0.4) is 0 Å². The summed E-state index contributed by atoms with van der Waals surface area (Å²) in [5, 5.41) is 17.3. The Balaban J connectivity index is 1.80. The third-order valence-electron chi connectivity index (χ3n) is 4.05. The Morgan fingerprint density at radius 1 is 1.55 bits per heavy atom. The summed E-state index contributed by atoms with van der Waals surface area (Å²) in [6.07, 6.45) is 0.779. The molecule has 2 fully saturated rings. The summed E-state index contributed by atoms with van der Waals surface area (Å²) in [6, 6.07) is 0. The molecule has 3 heterocycles. The molecule has 0 aliphatic carbocycles. The first-order valence-electron chi connectivity index (χ1n) is 7.41. The van der Waals surface area contributed by atoms with E-state index in [1.807, 2.05) is 27.0 Å². The molecule has 1 aromatic heterocycles. The van der Waals surface area contributed by atoms with E-state index in [0.717, 1.165) is 5.69 Å². The van der Waals surface area contributed by atoms with Gasteiger partial charge in [0.2, 0.25) is 0 Å². The van der Waals surface area contributed by atoms with Crippen molar-refractivity contribution in [1.82, 2.24) is 15.0 Å². The molecule has 2 saturated heterocycles. The van der Waals surface area contributed by atoms with E-state index in [9.17, 15) is 9.90 Å². The van der Waals surface area contributed by atoms with Crippen LogP contribution in [-0.4, -0.2) is 56.8 Å². The van der Waals surface area contributed by atoms with E-state index < -0.39 is 17.9 Å². The fourth-order valence-electron chi connectivity index (χ4n) is 3.07. The number of carbonyl (C=O) groups is 1. The summed E-state index contributed by atoms with van der Waals surface area (Å²) in [4.78, 5) is 11.3. The molecule has 1 aromatic rings. The highest BCUT2D eigenvalue weighted by Gasteiger charge is 2.48. The second-order valence-electron chi connectivity index (χ2n) is 6.37. The Labute approximate surface area is 128 Å². The minimum atomic E-state index is -0.956. The zero-order chi connectivity index (χ0) is 15.9. The van der Waals surface area contributed by atoms with Gasteiger partial charge in [-0.15, -0.1) is 5.10 Å². The van der Waals surface area contributed by atoms with Gasteiger partial charge in [-0.25, -0.2) is 4.79 Å². The number of fused-ring (bicyclic) bond motifs is 1. The SMILES string of the molecule is Cc1cn(C[C@@H]2C[C@H](C(=O)O)O[C@@H]3COC(C)(C)O[C@H]23)nn1. The fourth-order valence-corrected chi connectivity index (χ4v) is 3.07. The van der Waals surface area contributed by atoms with Crippen molar-refractivity contribution >= 4 is 5.97 Å². The van der Waals surface area contributed by atoms with E-state index in [0.29, 0.717) is 19.6 Å². The molecule has 4 atom stereocenters. The molecule has 0 unspecified atom stereocenters.